The van der Waals surface area contributed by atoms with Crippen molar-refractivity contribution in [3.8, 4) is 0 Å². The van der Waals surface area contributed by atoms with Gasteiger partial charge in [0.2, 0.25) is 0 Å². The number of allylic oxidation sites excluding steroid dienone is 40. The molecule has 0 amide bonds. The molecule has 114 heavy (non-hydrogen) atoms. The Labute approximate surface area is 688 Å². The van der Waals surface area contributed by atoms with Gasteiger partial charge in [0.05, 0.1) is 26.4 Å². The number of phosphoric ester groups is 2. The van der Waals surface area contributed by atoms with Gasteiger partial charge in [-0.25, -0.2) is 9.13 Å². The van der Waals surface area contributed by atoms with E-state index < -0.39 is 97.5 Å². The van der Waals surface area contributed by atoms with Gasteiger partial charge in [-0.1, -0.05) is 309 Å². The van der Waals surface area contributed by atoms with Gasteiger partial charge < -0.3 is 33.8 Å². The van der Waals surface area contributed by atoms with E-state index >= 15 is 0 Å². The summed E-state index contributed by atoms with van der Waals surface area (Å²) in [6.45, 7) is 4.31. The van der Waals surface area contributed by atoms with Crippen LogP contribution in [0.1, 0.15) is 272 Å². The number of phosphoric acid groups is 2. The predicted octanol–water partition coefficient (Wildman–Crippen LogP) is 25.6. The molecule has 0 aliphatic carbocycles. The largest absolute Gasteiger partial charge is 0.472 e. The second kappa shape index (κ2) is 83.8. The average Bonchev–Trinajstić information content (AvgIpc) is 0.899. The van der Waals surface area contributed by atoms with Crippen LogP contribution in [-0.4, -0.2) is 96.7 Å². The first-order valence-corrected chi connectivity index (χ1v) is 45.3. The summed E-state index contributed by atoms with van der Waals surface area (Å²) >= 11 is 0. The molecule has 0 saturated heterocycles. The molecule has 0 aromatic heterocycles. The van der Waals surface area contributed by atoms with Crippen molar-refractivity contribution in [1.29, 1.82) is 0 Å². The summed E-state index contributed by atoms with van der Waals surface area (Å²) in [7, 11) is -10.1. The molecule has 638 valence electrons. The van der Waals surface area contributed by atoms with Crippen LogP contribution >= 0.6 is 15.6 Å². The number of carbonyl (C=O) groups excluding carboxylic acids is 4. The second-order valence-corrected chi connectivity index (χ2v) is 29.9. The van der Waals surface area contributed by atoms with Crippen LogP contribution in [0.5, 0.6) is 0 Å². The molecule has 3 N–H and O–H groups in total. The van der Waals surface area contributed by atoms with Gasteiger partial charge in [0.1, 0.15) is 19.3 Å². The highest BCUT2D eigenvalue weighted by Crippen LogP contribution is 2.45. The van der Waals surface area contributed by atoms with Crippen LogP contribution < -0.4 is 0 Å². The average molecular weight is 1620 g/mol. The molecule has 0 fully saturated rings. The quantitative estimate of drug-likeness (QED) is 0.0169. The molecule has 2 unspecified atom stereocenters. The summed E-state index contributed by atoms with van der Waals surface area (Å²) in [5.74, 6) is -2.57. The van der Waals surface area contributed by atoms with E-state index in [0.717, 1.165) is 109 Å². The van der Waals surface area contributed by atoms with Crippen LogP contribution in [0, 0.1) is 0 Å². The lowest BCUT2D eigenvalue weighted by Crippen LogP contribution is -2.30. The minimum Gasteiger partial charge on any atom is -0.462 e. The van der Waals surface area contributed by atoms with Crippen LogP contribution in [-0.2, 0) is 65.4 Å². The number of rotatable bonds is 76. The van der Waals surface area contributed by atoms with Gasteiger partial charge in [-0.15, -0.1) is 0 Å². The Bertz CT molecular complexity index is 3120. The number of esters is 4. The van der Waals surface area contributed by atoms with Gasteiger partial charge >= 0.3 is 39.5 Å². The Balaban J connectivity index is 5.67. The van der Waals surface area contributed by atoms with Gasteiger partial charge in [0.15, 0.2) is 12.2 Å². The molecule has 0 aliphatic heterocycles. The van der Waals surface area contributed by atoms with E-state index in [1.807, 2.05) is 66.8 Å². The number of hydrogen-bond donors (Lipinski definition) is 3. The SMILES string of the molecule is CC/C=C\C/C=C\C/C=C\C/C=C\C/C=C\C/C=C\CCC(=O)OC[C@H](COP(=O)(O)OC[C@@H](O)COP(=O)(O)OC[C@@H](COC(=O)CC/C=C\C/C=C\C/C=C\C/C=C\C/C=C\CCCCC)OC(=O)CCC/C=C\C/C=C\C/C=C\C/C=C\CCCCC)OC(=O)CC/C=C\C/C=C\C/C=C\C/C=C\C/C=C\CCCCC. The van der Waals surface area contributed by atoms with Crippen LogP contribution in [0.4, 0.5) is 0 Å². The Morgan fingerprint density at radius 2 is 0.465 bits per heavy atom. The molecular formula is C95H146O17P2. The van der Waals surface area contributed by atoms with Crippen molar-refractivity contribution in [3.63, 3.8) is 0 Å². The van der Waals surface area contributed by atoms with Gasteiger partial charge in [-0.05, 0) is 180 Å². The Hall–Kier alpha value is -7.14. The second-order valence-electron chi connectivity index (χ2n) is 27.0. The number of unbranched alkanes of at least 4 members (excludes halogenated alkanes) is 10. The molecule has 0 aromatic carbocycles. The minimum atomic E-state index is -5.04. The van der Waals surface area contributed by atoms with Gasteiger partial charge in [0.25, 0.3) is 0 Å². The fourth-order valence-corrected chi connectivity index (χ4v) is 11.5. The Kier molecular flexibility index (Phi) is 78.5. The van der Waals surface area contributed by atoms with E-state index in [2.05, 4.69) is 204 Å². The third-order valence-electron chi connectivity index (χ3n) is 16.3. The molecule has 0 aliphatic rings. The maximum absolute atomic E-state index is 13.1. The van der Waals surface area contributed by atoms with E-state index in [0.29, 0.717) is 51.4 Å². The highest BCUT2D eigenvalue weighted by molar-refractivity contribution is 7.47. The molecule has 0 radical (unpaired) electrons. The fraction of sp³-hybridized carbons (Fsp3) is 0.537. The van der Waals surface area contributed by atoms with Crippen molar-refractivity contribution in [2.75, 3.05) is 39.6 Å². The minimum absolute atomic E-state index is 0.00650. The molecule has 0 aromatic rings. The molecule has 0 spiro atoms. The van der Waals surface area contributed by atoms with Crippen molar-refractivity contribution in [3.05, 3.63) is 243 Å². The van der Waals surface area contributed by atoms with E-state index in [1.165, 1.54) is 57.8 Å². The molecule has 0 heterocycles. The Morgan fingerprint density at radius 3 is 0.719 bits per heavy atom. The molecule has 17 nitrogen and oxygen atoms in total. The summed E-state index contributed by atoms with van der Waals surface area (Å²) in [5.41, 5.74) is 0. The smallest absolute Gasteiger partial charge is 0.462 e. The number of hydrogen-bond acceptors (Lipinski definition) is 15. The highest BCUT2D eigenvalue weighted by atomic mass is 31.2. The van der Waals surface area contributed by atoms with Crippen molar-refractivity contribution in [1.82, 2.24) is 0 Å². The normalized spacial score (nSPS) is 15.0. The molecule has 0 bridgehead atoms. The number of ether oxygens (including phenoxy) is 4. The first-order valence-electron chi connectivity index (χ1n) is 42.3. The predicted molar refractivity (Wildman–Crippen MR) is 472 cm³/mol. The van der Waals surface area contributed by atoms with Crippen LogP contribution in [0.25, 0.3) is 0 Å². The monoisotopic (exact) mass is 1620 g/mol. The lowest BCUT2D eigenvalue weighted by atomic mass is 10.2. The summed E-state index contributed by atoms with van der Waals surface area (Å²) in [6, 6.07) is 0. The van der Waals surface area contributed by atoms with Crippen molar-refractivity contribution in [2.45, 2.75) is 290 Å². The Morgan fingerprint density at radius 1 is 0.254 bits per heavy atom. The maximum Gasteiger partial charge on any atom is 0.472 e. The topological polar surface area (TPSA) is 237 Å². The number of aliphatic hydroxyl groups excluding tert-OH is 1. The van der Waals surface area contributed by atoms with Gasteiger partial charge in [-0.3, -0.25) is 37.3 Å². The zero-order valence-electron chi connectivity index (χ0n) is 69.9. The summed E-state index contributed by atoms with van der Waals surface area (Å²) in [5, 5.41) is 10.7. The third kappa shape index (κ3) is 82.8. The first kappa shape index (κ1) is 107. The summed E-state index contributed by atoms with van der Waals surface area (Å²) in [4.78, 5) is 73.1. The zero-order valence-corrected chi connectivity index (χ0v) is 71.7. The fourth-order valence-electron chi connectivity index (χ4n) is 9.91. The molecule has 19 heteroatoms. The lowest BCUT2D eigenvalue weighted by Gasteiger charge is -2.21. The van der Waals surface area contributed by atoms with E-state index in [1.54, 1.807) is 0 Å². The van der Waals surface area contributed by atoms with Gasteiger partial charge in [-0.2, -0.15) is 0 Å². The zero-order chi connectivity index (χ0) is 83.1. The molecular weight excluding hydrogens is 1470 g/mol. The van der Waals surface area contributed by atoms with E-state index in [9.17, 15) is 43.2 Å². The third-order valence-corrected chi connectivity index (χ3v) is 18.2. The summed E-state index contributed by atoms with van der Waals surface area (Å²) < 4.78 is 68.4. The van der Waals surface area contributed by atoms with Crippen molar-refractivity contribution in [2.24, 2.45) is 0 Å². The van der Waals surface area contributed by atoms with Crippen LogP contribution in [0.2, 0.25) is 0 Å². The maximum atomic E-state index is 13.1. The molecule has 0 saturated carbocycles. The standard InChI is InChI=1S/C95H146O17P2/c1-5-9-13-17-21-25-29-33-37-41-44-48-51-55-59-63-67-71-75-79-92(97)105-85-90(111-94(99)81-77-73-69-65-61-57-53-47-40-36-32-28-24-20-16-12-8-4)87-109-113(101,102)107-83-89(96)84-108-114(103,104)110-88-91(112-95(100)82-78-74-70-66-62-58-54-50-46-43-39-35-31-27-23-19-15-11-7-3)86-106-93(98)80-76-72-68-64-60-56-52-49-45-42-38-34-30-26-22-18-14-10-6-2/h10,14,21-28,33-40,44-46,48-50,53,55-60,62,65,67-72,74,89-91,96H,5-9,11-13,15-20,29-32,41-43,47,51-52,54,61,63-64,66,73,75-88H2,1-4H3,(H,101,102)(H,103,104)/b14-10-,25-21-,26-22-,27-23-,28-24-,37-33-,38-34-,39-35-,40-36-,48-44-,49-45-,50-46-,57-53-,59-55-,60-56-,62-58-,69-65-,71-67-,72-68-,74-70-/t89-,90+,91+/m0/s1. The first-order chi connectivity index (χ1) is 55.7. The van der Waals surface area contributed by atoms with Crippen molar-refractivity contribution < 1.29 is 80.2 Å². The number of carbonyl (C=O) groups is 4. The highest BCUT2D eigenvalue weighted by Gasteiger charge is 2.30. The van der Waals surface area contributed by atoms with Gasteiger partial charge in [0, 0.05) is 25.7 Å². The van der Waals surface area contributed by atoms with E-state index in [-0.39, 0.29) is 25.7 Å². The number of aliphatic hydroxyl groups is 1. The van der Waals surface area contributed by atoms with Crippen LogP contribution in [0.15, 0.2) is 243 Å². The molecule has 0 rings (SSSR count). The van der Waals surface area contributed by atoms with E-state index in [4.69, 9.17) is 37.0 Å². The lowest BCUT2D eigenvalue weighted by molar-refractivity contribution is -0.161. The molecule has 5 atom stereocenters. The summed E-state index contributed by atoms with van der Waals surface area (Å²) in [6.07, 6.45) is 110. The van der Waals surface area contributed by atoms with Crippen LogP contribution in [0.3, 0.4) is 0 Å². The van der Waals surface area contributed by atoms with Crippen molar-refractivity contribution >= 4 is 39.5 Å².